The number of hydrogen-bond donors (Lipinski definition) is 1. The van der Waals surface area contributed by atoms with E-state index in [0.29, 0.717) is 12.0 Å². The number of fused-ring (bicyclic) bond motifs is 1. The second-order valence-corrected chi connectivity index (χ2v) is 8.12. The van der Waals surface area contributed by atoms with Crippen LogP contribution >= 0.6 is 0 Å². The van der Waals surface area contributed by atoms with Crippen molar-refractivity contribution in [1.29, 1.82) is 0 Å². The number of methoxy groups -OCH3 is 1. The van der Waals surface area contributed by atoms with E-state index >= 15 is 0 Å². The minimum Gasteiger partial charge on any atom is -0.497 e. The Morgan fingerprint density at radius 2 is 1.83 bits per heavy atom. The van der Waals surface area contributed by atoms with Crippen LogP contribution in [0.5, 0.6) is 5.75 Å². The summed E-state index contributed by atoms with van der Waals surface area (Å²) in [6.45, 7) is 2.76. The van der Waals surface area contributed by atoms with Gasteiger partial charge in [-0.2, -0.15) is 0 Å². The van der Waals surface area contributed by atoms with Gasteiger partial charge in [-0.05, 0) is 61.6 Å². The van der Waals surface area contributed by atoms with Crippen LogP contribution < -0.4 is 15.0 Å². The maximum atomic E-state index is 13.3. The number of nitrogens with one attached hydrogen (secondary N) is 1. The summed E-state index contributed by atoms with van der Waals surface area (Å²) in [4.78, 5) is 28.0. The van der Waals surface area contributed by atoms with E-state index in [2.05, 4.69) is 5.32 Å². The minimum absolute atomic E-state index is 0.0554. The third kappa shape index (κ3) is 4.14. The third-order valence-electron chi connectivity index (χ3n) is 6.01. The van der Waals surface area contributed by atoms with Crippen LogP contribution in [-0.4, -0.2) is 31.5 Å². The number of para-hydroxylation sites is 1. The van der Waals surface area contributed by atoms with Crippen LogP contribution in [0, 0.1) is 5.92 Å². The Balaban J connectivity index is 1.56. The van der Waals surface area contributed by atoms with Gasteiger partial charge in [0.05, 0.1) is 13.0 Å². The predicted octanol–water partition coefficient (Wildman–Crippen LogP) is 4.13. The summed E-state index contributed by atoms with van der Waals surface area (Å²) in [6, 6.07) is 14.9. The fraction of sp³-hybridized carbons (Fsp3) is 0.417. The van der Waals surface area contributed by atoms with Crippen LogP contribution in [0.15, 0.2) is 48.5 Å². The van der Waals surface area contributed by atoms with Gasteiger partial charge in [-0.3, -0.25) is 9.59 Å². The summed E-state index contributed by atoms with van der Waals surface area (Å²) in [5.41, 5.74) is 2.37. The molecule has 5 heteroatoms. The van der Waals surface area contributed by atoms with Crippen molar-refractivity contribution in [3.8, 4) is 5.75 Å². The van der Waals surface area contributed by atoms with E-state index in [0.717, 1.165) is 35.9 Å². The molecule has 152 valence electrons. The quantitative estimate of drug-likeness (QED) is 0.804. The highest BCUT2D eigenvalue weighted by Crippen LogP contribution is 2.39. The topological polar surface area (TPSA) is 58.6 Å². The molecule has 1 fully saturated rings. The first-order valence-corrected chi connectivity index (χ1v) is 10.4. The van der Waals surface area contributed by atoms with Gasteiger partial charge in [0.25, 0.3) is 5.91 Å². The first kappa shape index (κ1) is 19.5. The second-order valence-electron chi connectivity index (χ2n) is 8.12. The molecule has 0 bridgehead atoms. The third-order valence-corrected chi connectivity index (χ3v) is 6.01. The lowest BCUT2D eigenvalue weighted by atomic mass is 9.85. The molecule has 2 amide bonds. The van der Waals surface area contributed by atoms with Gasteiger partial charge in [-0.15, -0.1) is 0 Å². The van der Waals surface area contributed by atoms with Crippen LogP contribution in [0.25, 0.3) is 0 Å². The lowest BCUT2D eigenvalue weighted by molar-refractivity contribution is -0.122. The molecule has 1 aliphatic carbocycles. The number of nitrogens with zero attached hydrogens (tertiary/aromatic N) is 1. The predicted molar refractivity (Wildman–Crippen MR) is 113 cm³/mol. The molecule has 0 radical (unpaired) electrons. The van der Waals surface area contributed by atoms with Crippen molar-refractivity contribution in [1.82, 2.24) is 5.32 Å². The van der Waals surface area contributed by atoms with E-state index in [-0.39, 0.29) is 23.8 Å². The molecule has 29 heavy (non-hydrogen) atoms. The molecule has 0 aromatic heterocycles. The first-order valence-electron chi connectivity index (χ1n) is 10.4. The zero-order valence-corrected chi connectivity index (χ0v) is 17.1. The van der Waals surface area contributed by atoms with Gasteiger partial charge in [0.15, 0.2) is 0 Å². The average Bonchev–Trinajstić information content (AvgIpc) is 3.57. The highest BCUT2D eigenvalue weighted by atomic mass is 16.5. The molecule has 2 atom stereocenters. The van der Waals surface area contributed by atoms with E-state index < -0.39 is 0 Å². The molecule has 0 spiro atoms. The Hall–Kier alpha value is -2.82. The molecule has 1 saturated carbocycles. The van der Waals surface area contributed by atoms with Gasteiger partial charge >= 0.3 is 0 Å². The molecular weight excluding hydrogens is 364 g/mol. The molecule has 1 aliphatic heterocycles. The summed E-state index contributed by atoms with van der Waals surface area (Å²) in [5, 5.41) is 3.12. The van der Waals surface area contributed by atoms with Crippen molar-refractivity contribution in [2.75, 3.05) is 18.6 Å². The van der Waals surface area contributed by atoms with Crippen LogP contribution in [0.1, 0.15) is 54.4 Å². The van der Waals surface area contributed by atoms with Crippen molar-refractivity contribution < 1.29 is 14.3 Å². The van der Waals surface area contributed by atoms with Crippen molar-refractivity contribution in [2.24, 2.45) is 5.92 Å². The lowest BCUT2D eigenvalue weighted by Gasteiger charge is -2.39. The highest BCUT2D eigenvalue weighted by Gasteiger charge is 2.37. The van der Waals surface area contributed by atoms with Gasteiger partial charge in [0, 0.05) is 23.8 Å². The summed E-state index contributed by atoms with van der Waals surface area (Å²) in [6.07, 6.45) is 4.27. The Morgan fingerprint density at radius 3 is 2.52 bits per heavy atom. The van der Waals surface area contributed by atoms with Crippen molar-refractivity contribution in [3.63, 3.8) is 0 Å². The van der Waals surface area contributed by atoms with Gasteiger partial charge in [0.1, 0.15) is 5.75 Å². The fourth-order valence-corrected chi connectivity index (χ4v) is 4.17. The molecule has 2 unspecified atom stereocenters. The average molecular weight is 392 g/mol. The van der Waals surface area contributed by atoms with E-state index in [1.54, 1.807) is 31.4 Å². The van der Waals surface area contributed by atoms with E-state index in [4.69, 9.17) is 4.74 Å². The Labute approximate surface area is 172 Å². The van der Waals surface area contributed by atoms with Crippen molar-refractivity contribution >= 4 is 17.5 Å². The molecule has 2 aromatic rings. The number of amides is 2. The van der Waals surface area contributed by atoms with Gasteiger partial charge < -0.3 is 15.0 Å². The standard InChI is InChI=1S/C24H28N2O3/c1-16-15-21(23(27)25-14-13-17-7-8-17)20-5-3-4-6-22(20)26(16)24(28)18-9-11-19(29-2)12-10-18/h3-6,9-12,16-17,21H,7-8,13-15H2,1-2H3,(H,25,27). The van der Waals surface area contributed by atoms with E-state index in [1.165, 1.54) is 12.8 Å². The molecule has 5 nitrogen and oxygen atoms in total. The Bertz CT molecular complexity index is 889. The number of benzene rings is 2. The molecular formula is C24H28N2O3. The van der Waals surface area contributed by atoms with Gasteiger partial charge in [-0.1, -0.05) is 31.0 Å². The molecule has 4 rings (SSSR count). The molecule has 1 N–H and O–H groups in total. The van der Waals surface area contributed by atoms with Crippen LogP contribution in [0.3, 0.4) is 0 Å². The summed E-state index contributed by atoms with van der Waals surface area (Å²) in [7, 11) is 1.61. The molecule has 2 aromatic carbocycles. The summed E-state index contributed by atoms with van der Waals surface area (Å²) in [5.74, 6) is 1.31. The first-order chi connectivity index (χ1) is 14.1. The summed E-state index contributed by atoms with van der Waals surface area (Å²) >= 11 is 0. The SMILES string of the molecule is COc1ccc(C(=O)N2c3ccccc3C(C(=O)NCCC3CC3)CC2C)cc1. The van der Waals surface area contributed by atoms with Crippen LogP contribution in [0.2, 0.25) is 0 Å². The second kappa shape index (κ2) is 8.27. The Kier molecular flexibility index (Phi) is 5.56. The van der Waals surface area contributed by atoms with E-state index in [9.17, 15) is 9.59 Å². The normalized spacial score (nSPS) is 20.7. The monoisotopic (exact) mass is 392 g/mol. The van der Waals surface area contributed by atoms with Crippen molar-refractivity contribution in [3.05, 3.63) is 59.7 Å². The fourth-order valence-electron chi connectivity index (χ4n) is 4.17. The zero-order valence-electron chi connectivity index (χ0n) is 17.1. The number of carbonyl (C=O) groups is 2. The largest absolute Gasteiger partial charge is 0.497 e. The number of ether oxygens (including phenoxy) is 1. The lowest BCUT2D eigenvalue weighted by Crippen LogP contribution is -2.46. The Morgan fingerprint density at radius 1 is 1.10 bits per heavy atom. The van der Waals surface area contributed by atoms with E-state index in [1.807, 2.05) is 36.1 Å². The molecule has 1 heterocycles. The smallest absolute Gasteiger partial charge is 0.258 e. The number of anilines is 1. The number of carbonyl (C=O) groups excluding carboxylic acids is 2. The highest BCUT2D eigenvalue weighted by molar-refractivity contribution is 6.08. The van der Waals surface area contributed by atoms with Crippen LogP contribution in [-0.2, 0) is 4.79 Å². The minimum atomic E-state index is -0.222. The van der Waals surface area contributed by atoms with Crippen molar-refractivity contribution in [2.45, 2.75) is 44.6 Å². The molecule has 0 saturated heterocycles. The van der Waals surface area contributed by atoms with Gasteiger partial charge in [-0.25, -0.2) is 0 Å². The van der Waals surface area contributed by atoms with Gasteiger partial charge in [0.2, 0.25) is 5.91 Å². The van der Waals surface area contributed by atoms with Crippen LogP contribution in [0.4, 0.5) is 5.69 Å². The maximum absolute atomic E-state index is 13.3. The maximum Gasteiger partial charge on any atom is 0.258 e. The number of hydrogen-bond acceptors (Lipinski definition) is 3. The molecule has 2 aliphatic rings. The summed E-state index contributed by atoms with van der Waals surface area (Å²) < 4.78 is 5.19. The number of rotatable bonds is 6. The zero-order chi connectivity index (χ0) is 20.4.